The molecule has 0 atom stereocenters. The monoisotopic (exact) mass is 134 g/mol. The first-order valence-corrected chi connectivity index (χ1v) is 2.81. The molecule has 0 saturated heterocycles. The van der Waals surface area contributed by atoms with Crippen molar-refractivity contribution in [2.45, 2.75) is 6.92 Å². The molecule has 0 heterocycles. The summed E-state index contributed by atoms with van der Waals surface area (Å²) >= 11 is -1.23. The molecule has 0 saturated carbocycles. The van der Waals surface area contributed by atoms with Crippen molar-refractivity contribution in [2.75, 3.05) is 0 Å². The van der Waals surface area contributed by atoms with Crippen molar-refractivity contribution in [3.05, 3.63) is 0 Å². The molecule has 0 fully saturated rings. The number of hydrogen-bond acceptors (Lipinski definition) is 2. The Bertz CT molecular complexity index is 58.7. The molecule has 0 aliphatic heterocycles. The molecular formula is C2H3AsO2. The summed E-state index contributed by atoms with van der Waals surface area (Å²) in [5.74, 6) is 0. The Balaban J connectivity index is 3.20. The van der Waals surface area contributed by atoms with Crippen LogP contribution in [-0.2, 0) is 8.53 Å². The fourth-order valence-corrected chi connectivity index (χ4v) is 0. The van der Waals surface area contributed by atoms with E-state index in [1.165, 1.54) is 6.92 Å². The van der Waals surface area contributed by atoms with Crippen molar-refractivity contribution in [1.29, 1.82) is 0 Å². The van der Waals surface area contributed by atoms with Gasteiger partial charge in [-0.25, -0.2) is 0 Å². The summed E-state index contributed by atoms with van der Waals surface area (Å²) in [7, 11) is 0. The molecule has 28 valence electrons. The minimum atomic E-state index is -1.23. The fourth-order valence-electron chi connectivity index (χ4n) is 0. The number of rotatable bonds is 1. The van der Waals surface area contributed by atoms with Crippen molar-refractivity contribution < 1.29 is 8.53 Å². The van der Waals surface area contributed by atoms with Gasteiger partial charge in [0, 0.05) is 0 Å². The molecule has 0 aromatic rings. The molecule has 0 rings (SSSR count). The molecule has 0 aliphatic carbocycles. The van der Waals surface area contributed by atoms with E-state index in [0.29, 0.717) is 0 Å². The molecule has 0 radical (unpaired) electrons. The van der Waals surface area contributed by atoms with Crippen LogP contribution in [0, 0.1) is 0 Å². The van der Waals surface area contributed by atoms with Gasteiger partial charge in [0.1, 0.15) is 0 Å². The third-order valence-corrected chi connectivity index (χ3v) is 0.668. The molecule has 0 N–H and O–H groups in total. The van der Waals surface area contributed by atoms with Crippen LogP contribution in [0.5, 0.6) is 0 Å². The Kier molecular flexibility index (Phi) is 2.29. The molecule has 0 bridgehead atoms. The van der Waals surface area contributed by atoms with Crippen LogP contribution in [0.3, 0.4) is 0 Å². The number of carbonyl (C=O) groups excluding carboxylic acids is 1. The van der Waals surface area contributed by atoms with E-state index in [-0.39, 0.29) is 4.57 Å². The average molecular weight is 134 g/mol. The Morgan fingerprint density at radius 2 is 2.00 bits per heavy atom. The molecule has 0 aromatic carbocycles. The van der Waals surface area contributed by atoms with Crippen LogP contribution >= 0.6 is 0 Å². The van der Waals surface area contributed by atoms with Gasteiger partial charge < -0.3 is 0 Å². The summed E-state index contributed by atoms with van der Waals surface area (Å²) < 4.78 is 9.17. The standard InChI is InChI=1S/C2H3AsO2/c1-2(4)3-5/h1H3. The average Bonchev–Trinajstić information content (AvgIpc) is 1.38. The SMILES string of the molecule is CC(=O)[As]=O. The molecule has 2 nitrogen and oxygen atoms in total. The van der Waals surface area contributed by atoms with Crippen LogP contribution in [-0.4, -0.2) is 20.3 Å². The second kappa shape index (κ2) is 2.28. The van der Waals surface area contributed by atoms with Gasteiger partial charge in [0.25, 0.3) is 0 Å². The fraction of sp³-hybridized carbons (Fsp3) is 0.500. The Morgan fingerprint density at radius 3 is 2.00 bits per heavy atom. The zero-order chi connectivity index (χ0) is 4.28. The molecule has 0 amide bonds. The third kappa shape index (κ3) is 4.03. The van der Waals surface area contributed by atoms with Gasteiger partial charge >= 0.3 is 35.7 Å². The van der Waals surface area contributed by atoms with Gasteiger partial charge in [-0.3, -0.25) is 0 Å². The van der Waals surface area contributed by atoms with Gasteiger partial charge in [-0.1, -0.05) is 0 Å². The van der Waals surface area contributed by atoms with Crippen molar-refractivity contribution in [2.24, 2.45) is 0 Å². The summed E-state index contributed by atoms with van der Waals surface area (Å²) in [6.45, 7) is 1.31. The van der Waals surface area contributed by atoms with Gasteiger partial charge in [0.15, 0.2) is 0 Å². The zero-order valence-electron chi connectivity index (χ0n) is 2.76. The maximum absolute atomic E-state index is 9.54. The summed E-state index contributed by atoms with van der Waals surface area (Å²) in [4.78, 5) is 9.54. The van der Waals surface area contributed by atoms with E-state index in [4.69, 9.17) is 0 Å². The first-order chi connectivity index (χ1) is 2.27. The Morgan fingerprint density at radius 1 is 1.80 bits per heavy atom. The molecular weight excluding hydrogens is 131 g/mol. The quantitative estimate of drug-likeness (QED) is 0.456. The van der Waals surface area contributed by atoms with Crippen LogP contribution in [0.2, 0.25) is 0 Å². The maximum atomic E-state index is 9.54. The Hall–Kier alpha value is 0.0284. The van der Waals surface area contributed by atoms with Gasteiger partial charge in [-0.15, -0.1) is 0 Å². The molecule has 0 aliphatic rings. The van der Waals surface area contributed by atoms with Crippen molar-refractivity contribution in [3.8, 4) is 0 Å². The van der Waals surface area contributed by atoms with Crippen LogP contribution in [0.1, 0.15) is 6.92 Å². The van der Waals surface area contributed by atoms with Crippen LogP contribution in [0.4, 0.5) is 0 Å². The third-order valence-electron chi connectivity index (χ3n) is 0.129. The molecule has 0 spiro atoms. The van der Waals surface area contributed by atoms with Gasteiger partial charge in [0.05, 0.1) is 0 Å². The summed E-state index contributed by atoms with van der Waals surface area (Å²) in [5.41, 5.74) is 0. The summed E-state index contributed by atoms with van der Waals surface area (Å²) in [5, 5.41) is 0. The first kappa shape index (κ1) is 5.03. The van der Waals surface area contributed by atoms with Crippen LogP contribution in [0.15, 0.2) is 0 Å². The van der Waals surface area contributed by atoms with E-state index in [2.05, 4.69) is 0 Å². The van der Waals surface area contributed by atoms with E-state index in [1.807, 2.05) is 0 Å². The predicted molar refractivity (Wildman–Crippen MR) is 17.1 cm³/mol. The van der Waals surface area contributed by atoms with Crippen LogP contribution < -0.4 is 0 Å². The molecule has 5 heavy (non-hydrogen) atoms. The molecule has 0 aromatic heterocycles. The van der Waals surface area contributed by atoms with E-state index >= 15 is 0 Å². The minimum absolute atomic E-state index is 0.207. The topological polar surface area (TPSA) is 34.1 Å². The number of hydrogen-bond donors (Lipinski definition) is 0. The van der Waals surface area contributed by atoms with Gasteiger partial charge in [-0.05, 0) is 0 Å². The van der Waals surface area contributed by atoms with E-state index in [0.717, 1.165) is 0 Å². The van der Waals surface area contributed by atoms with E-state index in [9.17, 15) is 8.53 Å². The first-order valence-electron chi connectivity index (χ1n) is 1.11. The molecule has 3 heteroatoms. The van der Waals surface area contributed by atoms with Crippen molar-refractivity contribution in [1.82, 2.24) is 0 Å². The zero-order valence-corrected chi connectivity index (χ0v) is 4.64. The molecule has 0 unspecified atom stereocenters. The van der Waals surface area contributed by atoms with Crippen LogP contribution in [0.25, 0.3) is 0 Å². The predicted octanol–water partition coefficient (Wildman–Crippen LogP) is -0.417. The second-order valence-corrected chi connectivity index (χ2v) is 2.31. The van der Waals surface area contributed by atoms with E-state index < -0.39 is 15.7 Å². The van der Waals surface area contributed by atoms with Crippen molar-refractivity contribution >= 4 is 20.3 Å². The second-order valence-electron chi connectivity index (χ2n) is 0.610. The Labute approximate surface area is 36.5 Å². The van der Waals surface area contributed by atoms with E-state index in [1.54, 1.807) is 0 Å². The summed E-state index contributed by atoms with van der Waals surface area (Å²) in [6, 6.07) is 0. The number of carbonyl (C=O) groups is 1. The normalized spacial score (nSPS) is 8.20. The van der Waals surface area contributed by atoms with Gasteiger partial charge in [-0.2, -0.15) is 0 Å². The van der Waals surface area contributed by atoms with Crippen molar-refractivity contribution in [3.63, 3.8) is 0 Å². The van der Waals surface area contributed by atoms with Gasteiger partial charge in [0.2, 0.25) is 0 Å². The summed E-state index contributed by atoms with van der Waals surface area (Å²) in [6.07, 6.45) is 0.